The molecule has 0 aliphatic carbocycles. The fraction of sp³-hybridized carbons (Fsp3) is 0.909. The van der Waals surface area contributed by atoms with E-state index in [0.717, 1.165) is 19.3 Å². The first-order valence-electron chi connectivity index (χ1n) is 11.5. The van der Waals surface area contributed by atoms with Crippen molar-refractivity contribution in [3.63, 3.8) is 0 Å². The summed E-state index contributed by atoms with van der Waals surface area (Å²) >= 11 is 0. The highest BCUT2D eigenvalue weighted by Crippen LogP contribution is 2.18. The Morgan fingerprint density at radius 3 is 1.90 bits per heavy atom. The smallest absolute Gasteiger partial charge is 0.344 e. The van der Waals surface area contributed by atoms with Gasteiger partial charge in [0.15, 0.2) is 0 Å². The van der Waals surface area contributed by atoms with Crippen molar-refractivity contribution in [1.29, 1.82) is 0 Å². The first-order valence-corrected chi connectivity index (χ1v) is 11.5. The SMILES string of the molecule is CCCCCCCCCCCCCCCN1C[C@@H](NC(=O)C(F)(F)F)CCC1=O. The number of halogens is 3. The number of unbranched alkanes of at least 4 members (excludes halogenated alkanes) is 12. The molecule has 170 valence electrons. The van der Waals surface area contributed by atoms with E-state index in [4.69, 9.17) is 0 Å². The Bertz CT molecular complexity index is 469. The number of carbonyl (C=O) groups excluding carboxylic acids is 2. The largest absolute Gasteiger partial charge is 0.471 e. The van der Waals surface area contributed by atoms with Crippen LogP contribution in [0.1, 0.15) is 103 Å². The molecule has 7 heteroatoms. The summed E-state index contributed by atoms with van der Waals surface area (Å²) in [5.74, 6) is -1.95. The first kappa shape index (κ1) is 25.8. The molecule has 0 saturated carbocycles. The summed E-state index contributed by atoms with van der Waals surface area (Å²) in [5.41, 5.74) is 0. The lowest BCUT2D eigenvalue weighted by Gasteiger charge is -2.33. The predicted molar refractivity (Wildman–Crippen MR) is 109 cm³/mol. The summed E-state index contributed by atoms with van der Waals surface area (Å²) in [6, 6.07) is -0.608. The van der Waals surface area contributed by atoms with Crippen LogP contribution in [0.5, 0.6) is 0 Å². The molecular weight excluding hydrogens is 381 g/mol. The topological polar surface area (TPSA) is 49.4 Å². The number of likely N-dealkylation sites (tertiary alicyclic amines) is 1. The average Bonchev–Trinajstić information content (AvgIpc) is 2.67. The van der Waals surface area contributed by atoms with Gasteiger partial charge >= 0.3 is 12.1 Å². The van der Waals surface area contributed by atoms with Gasteiger partial charge in [-0.2, -0.15) is 13.2 Å². The number of amides is 2. The molecule has 1 heterocycles. The van der Waals surface area contributed by atoms with Crippen LogP contribution in [-0.4, -0.2) is 42.0 Å². The number of nitrogens with zero attached hydrogens (tertiary/aromatic N) is 1. The predicted octanol–water partition coefficient (Wildman–Crippen LogP) is 5.75. The van der Waals surface area contributed by atoms with Crippen molar-refractivity contribution in [2.24, 2.45) is 0 Å². The fourth-order valence-electron chi connectivity index (χ4n) is 3.84. The van der Waals surface area contributed by atoms with Gasteiger partial charge < -0.3 is 10.2 Å². The summed E-state index contributed by atoms with van der Waals surface area (Å²) in [5, 5.41) is 2.00. The Kier molecular flexibility index (Phi) is 13.0. The molecule has 0 radical (unpaired) electrons. The number of piperidine rings is 1. The van der Waals surface area contributed by atoms with Crippen LogP contribution >= 0.6 is 0 Å². The van der Waals surface area contributed by atoms with Crippen molar-refractivity contribution < 1.29 is 22.8 Å². The molecule has 1 rings (SSSR count). The zero-order valence-electron chi connectivity index (χ0n) is 18.0. The minimum Gasteiger partial charge on any atom is -0.344 e. The van der Waals surface area contributed by atoms with E-state index in [-0.39, 0.29) is 25.3 Å². The Labute approximate surface area is 174 Å². The maximum atomic E-state index is 12.4. The summed E-state index contributed by atoms with van der Waals surface area (Å²) < 4.78 is 37.1. The quantitative estimate of drug-likeness (QED) is 0.343. The van der Waals surface area contributed by atoms with Gasteiger partial charge in [0, 0.05) is 25.6 Å². The zero-order valence-corrected chi connectivity index (χ0v) is 18.0. The number of hydrogen-bond donors (Lipinski definition) is 1. The lowest BCUT2D eigenvalue weighted by atomic mass is 10.0. The molecule has 4 nitrogen and oxygen atoms in total. The average molecular weight is 421 g/mol. The standard InChI is InChI=1S/C22H39F3N2O2/c1-2-3-4-5-6-7-8-9-10-11-12-13-14-17-27-18-19(15-16-20(27)28)26-21(29)22(23,24)25/h19H,2-18H2,1H3,(H,26,29)/t19-/m0/s1. The van der Waals surface area contributed by atoms with E-state index in [0.29, 0.717) is 6.54 Å². The van der Waals surface area contributed by atoms with Crippen molar-refractivity contribution >= 4 is 11.8 Å². The lowest BCUT2D eigenvalue weighted by molar-refractivity contribution is -0.174. The molecule has 0 aromatic carbocycles. The highest BCUT2D eigenvalue weighted by molar-refractivity contribution is 5.82. The van der Waals surface area contributed by atoms with Gasteiger partial charge in [-0.25, -0.2) is 0 Å². The van der Waals surface area contributed by atoms with Crippen LogP contribution in [0.4, 0.5) is 13.2 Å². The second-order valence-electron chi connectivity index (χ2n) is 8.29. The van der Waals surface area contributed by atoms with Gasteiger partial charge in [-0.15, -0.1) is 0 Å². The van der Waals surface area contributed by atoms with Gasteiger partial charge in [0.05, 0.1) is 0 Å². The van der Waals surface area contributed by atoms with Crippen molar-refractivity contribution in [3.8, 4) is 0 Å². The van der Waals surface area contributed by atoms with E-state index in [2.05, 4.69) is 6.92 Å². The molecule has 29 heavy (non-hydrogen) atoms. The number of rotatable bonds is 15. The maximum Gasteiger partial charge on any atom is 0.471 e. The molecule has 2 amide bonds. The van der Waals surface area contributed by atoms with E-state index in [1.165, 1.54) is 64.2 Å². The normalized spacial score (nSPS) is 17.6. The molecular formula is C22H39F3N2O2. The molecule has 1 atom stereocenters. The van der Waals surface area contributed by atoms with Crippen LogP contribution in [0.3, 0.4) is 0 Å². The molecule has 0 aromatic heterocycles. The molecule has 0 aromatic rings. The highest BCUT2D eigenvalue weighted by Gasteiger charge is 2.40. The Balaban J connectivity index is 2.03. The summed E-state index contributed by atoms with van der Waals surface area (Å²) in [6.07, 6.45) is 11.8. The van der Waals surface area contributed by atoms with Crippen molar-refractivity contribution in [1.82, 2.24) is 10.2 Å². The molecule has 0 unspecified atom stereocenters. The van der Waals surface area contributed by atoms with Crippen molar-refractivity contribution in [3.05, 3.63) is 0 Å². The number of alkyl halides is 3. The number of carbonyl (C=O) groups is 2. The second kappa shape index (κ2) is 14.7. The zero-order chi connectivity index (χ0) is 21.5. The maximum absolute atomic E-state index is 12.4. The van der Waals surface area contributed by atoms with E-state index >= 15 is 0 Å². The third-order valence-electron chi connectivity index (χ3n) is 5.62. The monoisotopic (exact) mass is 420 g/mol. The van der Waals surface area contributed by atoms with E-state index in [1.807, 2.05) is 5.32 Å². The molecule has 1 aliphatic rings. The number of nitrogens with one attached hydrogen (secondary N) is 1. The van der Waals surface area contributed by atoms with E-state index in [1.54, 1.807) is 4.90 Å². The van der Waals surface area contributed by atoms with Crippen LogP contribution in [0.15, 0.2) is 0 Å². The molecule has 1 N–H and O–H groups in total. The molecule has 0 bridgehead atoms. The van der Waals surface area contributed by atoms with Gasteiger partial charge in [0.25, 0.3) is 0 Å². The van der Waals surface area contributed by atoms with Crippen molar-refractivity contribution in [2.75, 3.05) is 13.1 Å². The number of hydrogen-bond acceptors (Lipinski definition) is 2. The summed E-state index contributed by atoms with van der Waals surface area (Å²) in [6.45, 7) is 2.98. The van der Waals surface area contributed by atoms with E-state index in [9.17, 15) is 22.8 Å². The third kappa shape index (κ3) is 12.1. The van der Waals surface area contributed by atoms with Crippen molar-refractivity contribution in [2.45, 2.75) is 115 Å². The van der Waals surface area contributed by atoms with Crippen LogP contribution in [-0.2, 0) is 9.59 Å². The molecule has 0 spiro atoms. The third-order valence-corrected chi connectivity index (χ3v) is 5.62. The van der Waals surface area contributed by atoms with Crippen LogP contribution in [0, 0.1) is 0 Å². The lowest BCUT2D eigenvalue weighted by Crippen LogP contribution is -2.52. The Morgan fingerprint density at radius 2 is 1.41 bits per heavy atom. The highest BCUT2D eigenvalue weighted by atomic mass is 19.4. The Hall–Kier alpha value is -1.27. The van der Waals surface area contributed by atoms with Crippen LogP contribution < -0.4 is 5.32 Å². The molecule has 1 aliphatic heterocycles. The van der Waals surface area contributed by atoms with Gasteiger partial charge in [-0.3, -0.25) is 9.59 Å². The van der Waals surface area contributed by atoms with Crippen LogP contribution in [0.2, 0.25) is 0 Å². The summed E-state index contributed by atoms with van der Waals surface area (Å²) in [4.78, 5) is 24.6. The minimum absolute atomic E-state index is 0.0264. The van der Waals surface area contributed by atoms with Gasteiger partial charge in [-0.05, 0) is 12.8 Å². The van der Waals surface area contributed by atoms with Gasteiger partial charge in [-0.1, -0.05) is 84.0 Å². The minimum atomic E-state index is -4.87. The van der Waals surface area contributed by atoms with Gasteiger partial charge in [0.2, 0.25) is 5.91 Å². The second-order valence-corrected chi connectivity index (χ2v) is 8.29. The Morgan fingerprint density at radius 1 is 0.931 bits per heavy atom. The van der Waals surface area contributed by atoms with Crippen LogP contribution in [0.25, 0.3) is 0 Å². The fourth-order valence-corrected chi connectivity index (χ4v) is 3.84. The van der Waals surface area contributed by atoms with E-state index < -0.39 is 18.1 Å². The first-order chi connectivity index (χ1) is 13.8. The van der Waals surface area contributed by atoms with Gasteiger partial charge in [0.1, 0.15) is 0 Å². The molecule has 1 saturated heterocycles. The summed E-state index contributed by atoms with van der Waals surface area (Å²) in [7, 11) is 0. The molecule has 1 fully saturated rings.